The van der Waals surface area contributed by atoms with Crippen molar-refractivity contribution in [2.45, 2.75) is 6.54 Å². The molecule has 2 aromatic rings. The number of hydrogen-bond donors (Lipinski definition) is 2. The molecule has 0 spiro atoms. The van der Waals surface area contributed by atoms with Crippen LogP contribution in [0.25, 0.3) is 0 Å². The molecular weight excluding hydrogens is 354 g/mol. The molecule has 1 heterocycles. The standard InChI is InChI=1S/C10H8FIN4O2/c11-7-1-9(10(16(17)18)2-8(7)12)13-3-6-4-14-15-5-6/h1-2,4-5,13H,3H2,(H,14,15). The molecule has 8 heteroatoms. The number of H-pyrrole nitrogens is 1. The van der Waals surface area contributed by atoms with E-state index < -0.39 is 10.7 Å². The maximum Gasteiger partial charge on any atom is 0.293 e. The second kappa shape index (κ2) is 5.29. The summed E-state index contributed by atoms with van der Waals surface area (Å²) >= 11 is 1.72. The monoisotopic (exact) mass is 362 g/mol. The third-order valence-electron chi connectivity index (χ3n) is 2.27. The van der Waals surface area contributed by atoms with Gasteiger partial charge in [0.1, 0.15) is 11.5 Å². The average Bonchev–Trinajstić information content (AvgIpc) is 2.83. The molecule has 18 heavy (non-hydrogen) atoms. The molecule has 0 atom stereocenters. The number of benzene rings is 1. The normalized spacial score (nSPS) is 10.3. The summed E-state index contributed by atoms with van der Waals surface area (Å²) in [4.78, 5) is 10.3. The summed E-state index contributed by atoms with van der Waals surface area (Å²) in [6.45, 7) is 0.331. The van der Waals surface area contributed by atoms with E-state index in [0.717, 1.165) is 11.6 Å². The van der Waals surface area contributed by atoms with E-state index in [-0.39, 0.29) is 14.9 Å². The van der Waals surface area contributed by atoms with Crippen molar-refractivity contribution in [1.29, 1.82) is 0 Å². The molecule has 2 rings (SSSR count). The fourth-order valence-electron chi connectivity index (χ4n) is 1.40. The van der Waals surface area contributed by atoms with Crippen LogP contribution < -0.4 is 5.32 Å². The van der Waals surface area contributed by atoms with Gasteiger partial charge in [-0.3, -0.25) is 15.2 Å². The van der Waals surface area contributed by atoms with Crippen molar-refractivity contribution in [1.82, 2.24) is 10.2 Å². The number of nitrogens with zero attached hydrogens (tertiary/aromatic N) is 2. The predicted octanol–water partition coefficient (Wildman–Crippen LogP) is 2.67. The van der Waals surface area contributed by atoms with Gasteiger partial charge in [0.2, 0.25) is 0 Å². The molecule has 0 radical (unpaired) electrons. The highest BCUT2D eigenvalue weighted by atomic mass is 127. The fraction of sp³-hybridized carbons (Fsp3) is 0.100. The minimum absolute atomic E-state index is 0.149. The molecule has 2 N–H and O–H groups in total. The Morgan fingerprint density at radius 1 is 1.56 bits per heavy atom. The number of rotatable bonds is 4. The van der Waals surface area contributed by atoms with Crippen LogP contribution in [-0.2, 0) is 6.54 Å². The van der Waals surface area contributed by atoms with Gasteiger partial charge in [-0.25, -0.2) is 4.39 Å². The molecule has 94 valence electrons. The highest BCUT2D eigenvalue weighted by Gasteiger charge is 2.17. The molecule has 6 nitrogen and oxygen atoms in total. The first-order valence-corrected chi connectivity index (χ1v) is 6.01. The zero-order valence-electron chi connectivity index (χ0n) is 8.98. The van der Waals surface area contributed by atoms with E-state index in [0.29, 0.717) is 6.54 Å². The summed E-state index contributed by atoms with van der Waals surface area (Å²) in [5, 5.41) is 20.1. The Bertz CT molecular complexity index is 574. The lowest BCUT2D eigenvalue weighted by molar-refractivity contribution is -0.384. The number of anilines is 1. The number of halogens is 2. The highest BCUT2D eigenvalue weighted by molar-refractivity contribution is 14.1. The lowest BCUT2D eigenvalue weighted by Crippen LogP contribution is -2.03. The first-order valence-electron chi connectivity index (χ1n) is 4.93. The van der Waals surface area contributed by atoms with E-state index in [1.807, 2.05) is 0 Å². The molecule has 1 aromatic carbocycles. The van der Waals surface area contributed by atoms with Crippen LogP contribution in [0.2, 0.25) is 0 Å². The van der Waals surface area contributed by atoms with Gasteiger partial charge in [0.25, 0.3) is 5.69 Å². The Morgan fingerprint density at radius 2 is 2.33 bits per heavy atom. The van der Waals surface area contributed by atoms with Gasteiger partial charge >= 0.3 is 0 Å². The van der Waals surface area contributed by atoms with Crippen LogP contribution in [0.3, 0.4) is 0 Å². The summed E-state index contributed by atoms with van der Waals surface area (Å²) in [7, 11) is 0. The summed E-state index contributed by atoms with van der Waals surface area (Å²) < 4.78 is 13.6. The lowest BCUT2D eigenvalue weighted by Gasteiger charge is -2.06. The Kier molecular flexibility index (Phi) is 3.75. The first-order chi connectivity index (χ1) is 8.58. The van der Waals surface area contributed by atoms with Gasteiger partial charge in [0.15, 0.2) is 0 Å². The minimum Gasteiger partial charge on any atom is -0.375 e. The van der Waals surface area contributed by atoms with Crippen molar-refractivity contribution >= 4 is 34.0 Å². The molecular formula is C10H8FIN4O2. The lowest BCUT2D eigenvalue weighted by atomic mass is 10.2. The molecule has 0 bridgehead atoms. The van der Waals surface area contributed by atoms with Gasteiger partial charge in [0.05, 0.1) is 14.7 Å². The Balaban J connectivity index is 2.25. The molecule has 0 amide bonds. The van der Waals surface area contributed by atoms with Crippen molar-refractivity contribution in [3.8, 4) is 0 Å². The average molecular weight is 362 g/mol. The number of nitro benzene ring substituents is 1. The van der Waals surface area contributed by atoms with Crippen LogP contribution in [0.5, 0.6) is 0 Å². The molecule has 1 aromatic heterocycles. The summed E-state index contributed by atoms with van der Waals surface area (Å²) in [6.07, 6.45) is 3.24. The Morgan fingerprint density at radius 3 is 2.94 bits per heavy atom. The smallest absolute Gasteiger partial charge is 0.293 e. The topological polar surface area (TPSA) is 83.8 Å². The molecule has 0 aliphatic carbocycles. The Labute approximate surface area is 115 Å². The van der Waals surface area contributed by atoms with Gasteiger partial charge in [0, 0.05) is 30.4 Å². The van der Waals surface area contributed by atoms with Gasteiger partial charge < -0.3 is 5.32 Å². The third-order valence-corrected chi connectivity index (χ3v) is 3.10. The van der Waals surface area contributed by atoms with Gasteiger partial charge in [-0.05, 0) is 22.6 Å². The third kappa shape index (κ3) is 2.75. The zero-order chi connectivity index (χ0) is 13.1. The summed E-state index contributed by atoms with van der Waals surface area (Å²) in [5.41, 5.74) is 0.826. The van der Waals surface area contributed by atoms with E-state index in [4.69, 9.17) is 0 Å². The molecule has 0 saturated carbocycles. The van der Waals surface area contributed by atoms with Crippen molar-refractivity contribution in [3.05, 3.63) is 49.6 Å². The van der Waals surface area contributed by atoms with Crippen molar-refractivity contribution < 1.29 is 9.31 Å². The van der Waals surface area contributed by atoms with Gasteiger partial charge in [-0.2, -0.15) is 5.10 Å². The predicted molar refractivity (Wildman–Crippen MR) is 71.7 cm³/mol. The van der Waals surface area contributed by atoms with Crippen LogP contribution in [0.15, 0.2) is 24.5 Å². The first kappa shape index (κ1) is 12.7. The van der Waals surface area contributed by atoms with Gasteiger partial charge in [-0.1, -0.05) is 0 Å². The maximum atomic E-state index is 13.4. The van der Waals surface area contributed by atoms with Crippen molar-refractivity contribution in [2.75, 3.05) is 5.32 Å². The molecule has 0 saturated heterocycles. The molecule has 0 aliphatic heterocycles. The quantitative estimate of drug-likeness (QED) is 0.498. The van der Waals surface area contributed by atoms with E-state index in [1.165, 1.54) is 6.07 Å². The second-order valence-corrected chi connectivity index (χ2v) is 4.66. The van der Waals surface area contributed by atoms with Crippen LogP contribution in [0.4, 0.5) is 15.8 Å². The van der Waals surface area contributed by atoms with E-state index >= 15 is 0 Å². The van der Waals surface area contributed by atoms with Crippen LogP contribution in [0, 0.1) is 19.5 Å². The van der Waals surface area contributed by atoms with E-state index in [1.54, 1.807) is 35.0 Å². The second-order valence-electron chi connectivity index (χ2n) is 3.50. The highest BCUT2D eigenvalue weighted by Crippen LogP contribution is 2.28. The van der Waals surface area contributed by atoms with E-state index in [9.17, 15) is 14.5 Å². The van der Waals surface area contributed by atoms with Crippen LogP contribution >= 0.6 is 22.6 Å². The number of aromatic nitrogens is 2. The van der Waals surface area contributed by atoms with Crippen molar-refractivity contribution in [3.63, 3.8) is 0 Å². The van der Waals surface area contributed by atoms with Crippen LogP contribution in [-0.4, -0.2) is 15.1 Å². The maximum absolute atomic E-state index is 13.4. The molecule has 0 fully saturated rings. The SMILES string of the molecule is O=[N+]([O-])c1cc(I)c(F)cc1NCc1cn[nH]c1. The number of nitrogens with one attached hydrogen (secondary N) is 2. The van der Waals surface area contributed by atoms with Crippen LogP contribution in [0.1, 0.15) is 5.56 Å². The summed E-state index contributed by atoms with van der Waals surface area (Å²) in [6, 6.07) is 2.33. The largest absolute Gasteiger partial charge is 0.375 e. The minimum atomic E-state index is -0.542. The fourth-order valence-corrected chi connectivity index (χ4v) is 1.85. The zero-order valence-corrected chi connectivity index (χ0v) is 11.1. The number of nitro groups is 1. The van der Waals surface area contributed by atoms with Crippen molar-refractivity contribution in [2.24, 2.45) is 0 Å². The van der Waals surface area contributed by atoms with E-state index in [2.05, 4.69) is 15.5 Å². The summed E-state index contributed by atoms with van der Waals surface area (Å²) in [5.74, 6) is -0.490. The number of aromatic amines is 1. The number of hydrogen-bond acceptors (Lipinski definition) is 4. The molecule has 0 unspecified atom stereocenters. The Hall–Kier alpha value is -1.71. The molecule has 0 aliphatic rings. The van der Waals surface area contributed by atoms with Gasteiger partial charge in [-0.15, -0.1) is 0 Å².